The Bertz CT molecular complexity index is 973. The number of hydrogen-bond acceptors (Lipinski definition) is 5. The highest BCUT2D eigenvalue weighted by molar-refractivity contribution is 5.95. The Morgan fingerprint density at radius 1 is 1.40 bits per heavy atom. The Labute approximate surface area is 144 Å². The van der Waals surface area contributed by atoms with Gasteiger partial charge in [-0.1, -0.05) is 13.8 Å². The van der Waals surface area contributed by atoms with Crippen molar-refractivity contribution >= 4 is 22.7 Å². The molecule has 8 nitrogen and oxygen atoms in total. The Balaban J connectivity index is 2.23. The smallest absolute Gasteiger partial charge is 0.292 e. The number of H-pyrrole nitrogens is 1. The third kappa shape index (κ3) is 3.25. The third-order valence-corrected chi connectivity index (χ3v) is 3.83. The van der Waals surface area contributed by atoms with E-state index in [1.54, 1.807) is 29.8 Å². The van der Waals surface area contributed by atoms with E-state index in [1.807, 2.05) is 0 Å². The zero-order chi connectivity index (χ0) is 18.0. The average Bonchev–Trinajstić information content (AvgIpc) is 2.95. The zero-order valence-electron chi connectivity index (χ0n) is 14.5. The largest absolute Gasteiger partial charge is 0.383 e. The van der Waals surface area contributed by atoms with E-state index >= 15 is 0 Å². The first kappa shape index (κ1) is 17.1. The van der Waals surface area contributed by atoms with Crippen molar-refractivity contribution < 1.29 is 9.53 Å². The second kappa shape index (κ2) is 7.02. The predicted octanol–water partition coefficient (Wildman–Crippen LogP) is 1.15. The standard InChI is InChI=1S/C17H21N5O3/c1-10(2)9-12-13(16(23)19-7-8-25-3)21-15-17(24)20-11-5-4-6-18-14(11)22(12)15/h4-6,10H,7-9H2,1-3H3,(H,19,23)(H,20,24). The van der Waals surface area contributed by atoms with Crippen LogP contribution >= 0.6 is 0 Å². The molecule has 132 valence electrons. The first-order valence-electron chi connectivity index (χ1n) is 8.18. The number of methoxy groups -OCH3 is 1. The van der Waals surface area contributed by atoms with E-state index < -0.39 is 0 Å². The predicted molar refractivity (Wildman–Crippen MR) is 93.9 cm³/mol. The van der Waals surface area contributed by atoms with Gasteiger partial charge in [-0.15, -0.1) is 0 Å². The lowest BCUT2D eigenvalue weighted by molar-refractivity contribution is 0.0931. The van der Waals surface area contributed by atoms with Crippen LogP contribution in [-0.4, -0.2) is 45.5 Å². The fourth-order valence-corrected chi connectivity index (χ4v) is 2.79. The normalized spacial score (nSPS) is 11.5. The van der Waals surface area contributed by atoms with Crippen molar-refractivity contribution in [1.82, 2.24) is 24.7 Å². The van der Waals surface area contributed by atoms with Crippen molar-refractivity contribution in [2.45, 2.75) is 20.3 Å². The van der Waals surface area contributed by atoms with E-state index in [0.717, 1.165) is 0 Å². The summed E-state index contributed by atoms with van der Waals surface area (Å²) in [6, 6.07) is 3.53. The fraction of sp³-hybridized carbons (Fsp3) is 0.412. The minimum Gasteiger partial charge on any atom is -0.383 e. The van der Waals surface area contributed by atoms with E-state index in [0.29, 0.717) is 36.4 Å². The molecule has 3 rings (SSSR count). The molecule has 1 amide bonds. The van der Waals surface area contributed by atoms with Crippen LogP contribution in [0, 0.1) is 5.92 Å². The summed E-state index contributed by atoms with van der Waals surface area (Å²) < 4.78 is 6.65. The van der Waals surface area contributed by atoms with Gasteiger partial charge in [-0.3, -0.25) is 14.0 Å². The number of nitrogens with zero attached hydrogens (tertiary/aromatic N) is 3. The van der Waals surface area contributed by atoms with E-state index in [2.05, 4.69) is 34.1 Å². The van der Waals surface area contributed by atoms with Gasteiger partial charge in [0.1, 0.15) is 0 Å². The molecule has 0 fully saturated rings. The van der Waals surface area contributed by atoms with Gasteiger partial charge in [0.15, 0.2) is 11.3 Å². The van der Waals surface area contributed by atoms with Crippen molar-refractivity contribution in [3.8, 4) is 0 Å². The molecule has 0 saturated heterocycles. The molecular formula is C17H21N5O3. The lowest BCUT2D eigenvalue weighted by Crippen LogP contribution is -2.28. The first-order valence-corrected chi connectivity index (χ1v) is 8.18. The molecule has 0 spiro atoms. The number of imidazole rings is 1. The second-order valence-corrected chi connectivity index (χ2v) is 6.24. The van der Waals surface area contributed by atoms with Crippen LogP contribution in [0.15, 0.2) is 23.1 Å². The third-order valence-electron chi connectivity index (χ3n) is 3.83. The molecule has 25 heavy (non-hydrogen) atoms. The molecule has 8 heteroatoms. The average molecular weight is 343 g/mol. The summed E-state index contributed by atoms with van der Waals surface area (Å²) >= 11 is 0. The quantitative estimate of drug-likeness (QED) is 0.654. The summed E-state index contributed by atoms with van der Waals surface area (Å²) in [5, 5.41) is 2.77. The highest BCUT2D eigenvalue weighted by Gasteiger charge is 2.23. The number of fused-ring (bicyclic) bond motifs is 3. The number of aromatic nitrogens is 4. The molecule has 0 saturated carbocycles. The van der Waals surface area contributed by atoms with Gasteiger partial charge < -0.3 is 15.0 Å². The summed E-state index contributed by atoms with van der Waals surface area (Å²) in [5.74, 6) is -0.0386. The Kier molecular flexibility index (Phi) is 4.80. The maximum Gasteiger partial charge on any atom is 0.292 e. The highest BCUT2D eigenvalue weighted by atomic mass is 16.5. The van der Waals surface area contributed by atoms with Crippen LogP contribution in [0.5, 0.6) is 0 Å². The zero-order valence-corrected chi connectivity index (χ0v) is 14.5. The summed E-state index contributed by atoms with van der Waals surface area (Å²) in [6.07, 6.45) is 2.25. The first-order chi connectivity index (χ1) is 12.0. The number of pyridine rings is 1. The molecule has 0 unspecified atom stereocenters. The molecule has 0 aliphatic heterocycles. The number of carbonyl (C=O) groups is 1. The molecule has 0 atom stereocenters. The number of hydrogen-bond donors (Lipinski definition) is 2. The summed E-state index contributed by atoms with van der Waals surface area (Å²) in [6.45, 7) is 4.88. The van der Waals surface area contributed by atoms with Crippen LogP contribution in [0.25, 0.3) is 16.8 Å². The van der Waals surface area contributed by atoms with Crippen molar-refractivity contribution in [3.05, 3.63) is 40.1 Å². The Hall–Kier alpha value is -2.74. The molecule has 3 heterocycles. The molecule has 3 aromatic rings. The topological polar surface area (TPSA) is 101 Å². The Morgan fingerprint density at radius 2 is 2.20 bits per heavy atom. The van der Waals surface area contributed by atoms with Crippen LogP contribution in [-0.2, 0) is 11.2 Å². The molecule has 0 bridgehead atoms. The monoisotopic (exact) mass is 343 g/mol. The Morgan fingerprint density at radius 3 is 2.92 bits per heavy atom. The molecule has 3 aromatic heterocycles. The molecule has 0 radical (unpaired) electrons. The molecule has 0 aliphatic rings. The molecule has 2 N–H and O–H groups in total. The number of aromatic amines is 1. The van der Waals surface area contributed by atoms with Crippen molar-refractivity contribution in [2.24, 2.45) is 5.92 Å². The van der Waals surface area contributed by atoms with Crippen LogP contribution < -0.4 is 10.9 Å². The van der Waals surface area contributed by atoms with Crippen molar-refractivity contribution in [2.75, 3.05) is 20.3 Å². The van der Waals surface area contributed by atoms with Crippen LogP contribution in [0.1, 0.15) is 30.0 Å². The van der Waals surface area contributed by atoms with Gasteiger partial charge in [0, 0.05) is 19.9 Å². The van der Waals surface area contributed by atoms with Crippen molar-refractivity contribution in [1.29, 1.82) is 0 Å². The molecular weight excluding hydrogens is 322 g/mol. The summed E-state index contributed by atoms with van der Waals surface area (Å²) in [4.78, 5) is 36.4. The highest BCUT2D eigenvalue weighted by Crippen LogP contribution is 2.19. The lowest BCUT2D eigenvalue weighted by atomic mass is 10.1. The van der Waals surface area contributed by atoms with Crippen LogP contribution in [0.2, 0.25) is 0 Å². The van der Waals surface area contributed by atoms with Crippen molar-refractivity contribution in [3.63, 3.8) is 0 Å². The van der Waals surface area contributed by atoms with E-state index in [1.165, 1.54) is 0 Å². The minimum atomic E-state index is -0.346. The molecule has 0 aliphatic carbocycles. The van der Waals surface area contributed by atoms with Gasteiger partial charge in [0.2, 0.25) is 5.65 Å². The summed E-state index contributed by atoms with van der Waals surface area (Å²) in [5.41, 5.74) is 1.97. The minimum absolute atomic E-state index is 0.179. The second-order valence-electron chi connectivity index (χ2n) is 6.24. The van der Waals surface area contributed by atoms with E-state index in [-0.39, 0.29) is 28.7 Å². The van der Waals surface area contributed by atoms with Gasteiger partial charge in [0.05, 0.1) is 17.8 Å². The van der Waals surface area contributed by atoms with Gasteiger partial charge in [-0.05, 0) is 24.5 Å². The molecule has 0 aromatic carbocycles. The van der Waals surface area contributed by atoms with Gasteiger partial charge in [-0.25, -0.2) is 9.97 Å². The van der Waals surface area contributed by atoms with E-state index in [4.69, 9.17) is 4.74 Å². The number of nitrogens with one attached hydrogen (secondary N) is 2. The van der Waals surface area contributed by atoms with Crippen LogP contribution in [0.3, 0.4) is 0 Å². The number of amides is 1. The lowest BCUT2D eigenvalue weighted by Gasteiger charge is -2.09. The maximum absolute atomic E-state index is 12.6. The van der Waals surface area contributed by atoms with Gasteiger partial charge >= 0.3 is 0 Å². The summed E-state index contributed by atoms with van der Waals surface area (Å²) in [7, 11) is 1.57. The fourth-order valence-electron chi connectivity index (χ4n) is 2.79. The number of rotatable bonds is 6. The SMILES string of the molecule is COCCNC(=O)c1nc2c(=O)[nH]c3cccnc3n2c1CC(C)C. The van der Waals surface area contributed by atoms with Crippen LogP contribution in [0.4, 0.5) is 0 Å². The maximum atomic E-state index is 12.6. The van der Waals surface area contributed by atoms with Gasteiger partial charge in [0.25, 0.3) is 11.5 Å². The number of ether oxygens (including phenoxy) is 1. The van der Waals surface area contributed by atoms with E-state index in [9.17, 15) is 9.59 Å². The number of carbonyl (C=O) groups excluding carboxylic acids is 1. The van der Waals surface area contributed by atoms with Gasteiger partial charge in [-0.2, -0.15) is 0 Å².